The van der Waals surface area contributed by atoms with Crippen molar-refractivity contribution in [2.75, 3.05) is 103 Å². The number of phenols is 1. The third kappa shape index (κ3) is 18.0. The number of nitrogens with zero attached hydrogens (tertiary/aromatic N) is 9. The molecular weight excluding hydrogens is 1190 g/mol. The molecule has 4 aliphatic rings. The van der Waals surface area contributed by atoms with Gasteiger partial charge in [0.2, 0.25) is 11.8 Å². The molecule has 3 aromatic heterocycles. The molecular formula is C64H85N11O17. The molecule has 2 aromatic carbocycles. The summed E-state index contributed by atoms with van der Waals surface area (Å²) in [7, 11) is 2.71. The number of phenolic OH excluding ortho intramolecular Hbond substituents is 1. The van der Waals surface area contributed by atoms with Gasteiger partial charge in [-0.25, -0.2) is 24.2 Å². The van der Waals surface area contributed by atoms with Crippen LogP contribution in [0.2, 0.25) is 0 Å². The highest BCUT2D eigenvalue weighted by molar-refractivity contribution is 5.97. The molecule has 2 saturated heterocycles. The summed E-state index contributed by atoms with van der Waals surface area (Å²) in [4.78, 5) is 100. The van der Waals surface area contributed by atoms with Crippen LogP contribution in [0.1, 0.15) is 104 Å². The summed E-state index contributed by atoms with van der Waals surface area (Å²) >= 11 is 0. The van der Waals surface area contributed by atoms with Crippen LogP contribution in [0, 0.1) is 0 Å². The van der Waals surface area contributed by atoms with Gasteiger partial charge in [0.1, 0.15) is 52.1 Å². The first-order valence-corrected chi connectivity index (χ1v) is 30.6. The van der Waals surface area contributed by atoms with Crippen LogP contribution in [0.5, 0.6) is 23.3 Å². The molecule has 7 heterocycles. The number of hydrogen-bond acceptors (Lipinski definition) is 22. The minimum atomic E-state index is -1.12. The SMILES string of the molecule is CCOc1nc(N2CCN(C(=O)OC)CC2)ccc1C(=O)NC[C@@H](O)[C@@H]1Cc2ccc(O)cc2CN1C(=O)OC(C)(C)C.CCOc1nc(N2CCN(C(=O)OC)CC2)ccc1C(=O)NC[C@@H](O)[C@@H]1Cc2ccc(OCc3cnco3)cc2CN1C(=O)OC(C)(C)C. The van der Waals surface area contributed by atoms with Gasteiger partial charge in [-0.2, -0.15) is 9.97 Å². The van der Waals surface area contributed by atoms with Crippen molar-refractivity contribution in [2.24, 2.45) is 0 Å². The molecule has 5 N–H and O–H groups in total. The largest absolute Gasteiger partial charge is 0.508 e. The van der Waals surface area contributed by atoms with Gasteiger partial charge in [-0.15, -0.1) is 0 Å². The lowest BCUT2D eigenvalue weighted by atomic mass is 9.91. The Morgan fingerprint density at radius 1 is 0.587 bits per heavy atom. The Kier molecular flexibility index (Phi) is 22.9. The number of pyridine rings is 2. The zero-order valence-electron chi connectivity index (χ0n) is 53.8. The van der Waals surface area contributed by atoms with Crippen molar-refractivity contribution in [3.8, 4) is 23.3 Å². The van der Waals surface area contributed by atoms with Crippen molar-refractivity contribution in [2.45, 2.75) is 123 Å². The number of aliphatic hydroxyl groups is 2. The molecule has 0 unspecified atom stereocenters. The number of fused-ring (bicyclic) bond motifs is 2. The molecule has 4 atom stereocenters. The number of aromatic hydroxyl groups is 1. The zero-order valence-corrected chi connectivity index (χ0v) is 53.8. The monoisotopic (exact) mass is 1280 g/mol. The summed E-state index contributed by atoms with van der Waals surface area (Å²) in [6, 6.07) is 15.9. The summed E-state index contributed by atoms with van der Waals surface area (Å²) in [5.41, 5.74) is 2.36. The molecule has 4 aliphatic heterocycles. The Labute approximate surface area is 534 Å². The van der Waals surface area contributed by atoms with Crippen molar-refractivity contribution in [1.82, 2.24) is 45.2 Å². The lowest BCUT2D eigenvalue weighted by Crippen LogP contribution is -2.54. The lowest BCUT2D eigenvalue weighted by Gasteiger charge is -2.40. The number of ether oxygens (including phenoxy) is 7. The highest BCUT2D eigenvalue weighted by Gasteiger charge is 2.40. The number of anilines is 2. The normalized spacial score (nSPS) is 17.1. The van der Waals surface area contributed by atoms with E-state index in [1.165, 1.54) is 30.4 Å². The minimum absolute atomic E-state index is 0.0855. The van der Waals surface area contributed by atoms with E-state index in [9.17, 15) is 44.1 Å². The van der Waals surface area contributed by atoms with E-state index in [1.807, 2.05) is 28.0 Å². The number of rotatable bonds is 17. The van der Waals surface area contributed by atoms with Crippen molar-refractivity contribution >= 4 is 47.8 Å². The number of aliphatic hydroxyl groups excluding tert-OH is 2. The van der Waals surface area contributed by atoms with E-state index < -0.39 is 59.5 Å². The maximum absolute atomic E-state index is 13.4. The number of methoxy groups -OCH3 is 2. The summed E-state index contributed by atoms with van der Waals surface area (Å²) in [5, 5.41) is 38.2. The van der Waals surface area contributed by atoms with Crippen molar-refractivity contribution < 1.29 is 81.7 Å². The fraction of sp³-hybridized carbons (Fsp3) is 0.516. The van der Waals surface area contributed by atoms with Crippen LogP contribution in [-0.2, 0) is 51.5 Å². The van der Waals surface area contributed by atoms with Crippen LogP contribution in [0.4, 0.5) is 30.8 Å². The number of benzene rings is 2. The van der Waals surface area contributed by atoms with E-state index in [4.69, 9.17) is 37.6 Å². The Morgan fingerprint density at radius 3 is 1.45 bits per heavy atom. The van der Waals surface area contributed by atoms with Crippen LogP contribution in [0.15, 0.2) is 77.7 Å². The molecule has 0 saturated carbocycles. The van der Waals surface area contributed by atoms with Crippen LogP contribution in [0.3, 0.4) is 0 Å². The number of amides is 6. The van der Waals surface area contributed by atoms with Crippen LogP contribution in [0.25, 0.3) is 0 Å². The first-order chi connectivity index (χ1) is 43.8. The molecule has 9 rings (SSSR count). The average molecular weight is 1280 g/mol. The molecule has 498 valence electrons. The topological polar surface area (TPSA) is 323 Å². The molecule has 92 heavy (non-hydrogen) atoms. The first-order valence-electron chi connectivity index (χ1n) is 30.6. The highest BCUT2D eigenvalue weighted by Crippen LogP contribution is 2.33. The zero-order chi connectivity index (χ0) is 66.4. The molecule has 0 aliphatic carbocycles. The molecule has 5 aromatic rings. The van der Waals surface area contributed by atoms with Gasteiger partial charge in [-0.3, -0.25) is 19.4 Å². The molecule has 28 nitrogen and oxygen atoms in total. The fourth-order valence-corrected chi connectivity index (χ4v) is 10.9. The van der Waals surface area contributed by atoms with E-state index in [0.717, 1.165) is 22.3 Å². The van der Waals surface area contributed by atoms with Crippen LogP contribution >= 0.6 is 0 Å². The van der Waals surface area contributed by atoms with Crippen LogP contribution in [-0.4, -0.2) is 214 Å². The van der Waals surface area contributed by atoms with Gasteiger partial charge in [0.15, 0.2) is 12.2 Å². The standard InChI is InChI=1S/C34H44N6O9.C30H41N5O8/c1-6-46-31-26(9-10-29(37-31)38-11-13-39(14-12-38)32(43)45-5)30(42)36-18-28(41)27-16-22-7-8-24(47-20-25-17-35-21-48-25)15-23(22)19-40(27)33(44)49-34(2,3)4;1-6-42-27-22(9-10-25(32-27)33-11-13-34(14-12-33)28(39)41-5)26(38)31-17-24(37)23-16-19-7-8-21(36)15-20(19)18-35(23)29(40)43-30(2,3)4/h7-10,15,17,21,27-28,41H,6,11-14,16,18-20H2,1-5H3,(H,36,42);7-10,15,23-24,36-37H,6,11-14,16-18H2,1-5H3,(H,31,38)/t27-,28+;23-,24+/m00/s1. The summed E-state index contributed by atoms with van der Waals surface area (Å²) in [6.45, 7) is 19.1. The summed E-state index contributed by atoms with van der Waals surface area (Å²) in [5.74, 6) is 1.84. The number of carbonyl (C=O) groups excluding carboxylic acids is 6. The maximum Gasteiger partial charge on any atom is 0.410 e. The predicted octanol–water partition coefficient (Wildman–Crippen LogP) is 5.92. The Bertz CT molecular complexity index is 3360. The highest BCUT2D eigenvalue weighted by atomic mass is 16.6. The smallest absolute Gasteiger partial charge is 0.410 e. The maximum atomic E-state index is 13.4. The van der Waals surface area contributed by atoms with Crippen molar-refractivity contribution in [3.05, 3.63) is 112 Å². The second kappa shape index (κ2) is 30.7. The molecule has 0 radical (unpaired) electrons. The fourth-order valence-electron chi connectivity index (χ4n) is 10.9. The number of aromatic nitrogens is 3. The Balaban J connectivity index is 0.000000239. The molecule has 0 spiro atoms. The molecule has 28 heteroatoms. The van der Waals surface area contributed by atoms with Gasteiger partial charge in [-0.1, -0.05) is 12.1 Å². The van der Waals surface area contributed by atoms with Crippen molar-refractivity contribution in [3.63, 3.8) is 0 Å². The number of hydrogen-bond donors (Lipinski definition) is 5. The quantitative estimate of drug-likeness (QED) is 0.0675. The van der Waals surface area contributed by atoms with Crippen molar-refractivity contribution in [1.29, 1.82) is 0 Å². The van der Waals surface area contributed by atoms with Gasteiger partial charge in [0.05, 0.1) is 57.9 Å². The first kappa shape index (κ1) is 68.6. The van der Waals surface area contributed by atoms with Gasteiger partial charge in [0, 0.05) is 78.5 Å². The van der Waals surface area contributed by atoms with E-state index in [2.05, 4.69) is 25.6 Å². The number of oxazole rings is 1. The molecule has 0 bridgehead atoms. The van der Waals surface area contributed by atoms with E-state index >= 15 is 0 Å². The second-order valence-corrected chi connectivity index (χ2v) is 24.3. The van der Waals surface area contributed by atoms with Gasteiger partial charge >= 0.3 is 24.4 Å². The third-order valence-electron chi connectivity index (χ3n) is 15.5. The number of piperazine rings is 2. The van der Waals surface area contributed by atoms with Gasteiger partial charge < -0.3 is 83.1 Å². The van der Waals surface area contributed by atoms with E-state index in [-0.39, 0.29) is 86.8 Å². The minimum Gasteiger partial charge on any atom is -0.508 e. The number of nitrogens with one attached hydrogen (secondary N) is 2. The predicted molar refractivity (Wildman–Crippen MR) is 334 cm³/mol. The van der Waals surface area contributed by atoms with E-state index in [0.29, 0.717) is 88.3 Å². The van der Waals surface area contributed by atoms with Crippen LogP contribution < -0.4 is 34.6 Å². The third-order valence-corrected chi connectivity index (χ3v) is 15.5. The average Bonchev–Trinajstić information content (AvgIpc) is 0.846. The van der Waals surface area contributed by atoms with Gasteiger partial charge in [-0.05, 0) is 139 Å². The Morgan fingerprint density at radius 2 is 1.03 bits per heavy atom. The van der Waals surface area contributed by atoms with E-state index in [1.54, 1.807) is 114 Å². The summed E-state index contributed by atoms with van der Waals surface area (Å²) in [6.07, 6.45) is -0.599. The Hall–Kier alpha value is -9.31. The number of carbonyl (C=O) groups is 6. The second-order valence-electron chi connectivity index (χ2n) is 24.3. The molecule has 2 fully saturated rings. The molecule has 6 amide bonds. The lowest BCUT2D eigenvalue weighted by molar-refractivity contribution is -0.0119. The van der Waals surface area contributed by atoms with Gasteiger partial charge in [0.25, 0.3) is 11.8 Å². The summed E-state index contributed by atoms with van der Waals surface area (Å²) < 4.78 is 43.4.